The Morgan fingerprint density at radius 2 is 2.19 bits per heavy atom. The zero-order chi connectivity index (χ0) is 11.4. The van der Waals surface area contributed by atoms with Crippen LogP contribution in [0.4, 0.5) is 0 Å². The minimum absolute atomic E-state index is 0.155. The van der Waals surface area contributed by atoms with E-state index in [-0.39, 0.29) is 25.0 Å². The summed E-state index contributed by atoms with van der Waals surface area (Å²) >= 11 is 0. The first-order valence-corrected chi connectivity index (χ1v) is 5.70. The summed E-state index contributed by atoms with van der Waals surface area (Å²) in [5.74, 6) is -0.438. The van der Waals surface area contributed by atoms with Gasteiger partial charge in [-0.05, 0) is 12.8 Å². The SMILES string of the molecule is O=C(CNC1CCCC1)N[C@@H]1CONC1=O. The summed E-state index contributed by atoms with van der Waals surface area (Å²) in [4.78, 5) is 27.3. The van der Waals surface area contributed by atoms with Crippen molar-refractivity contribution in [1.82, 2.24) is 16.1 Å². The summed E-state index contributed by atoms with van der Waals surface area (Å²) in [6.45, 7) is 0.475. The third-order valence-electron chi connectivity index (χ3n) is 2.98. The molecule has 2 rings (SSSR count). The molecule has 2 amide bonds. The van der Waals surface area contributed by atoms with E-state index in [1.54, 1.807) is 0 Å². The monoisotopic (exact) mass is 227 g/mol. The van der Waals surface area contributed by atoms with Crippen LogP contribution < -0.4 is 16.1 Å². The van der Waals surface area contributed by atoms with E-state index in [0.717, 1.165) is 12.8 Å². The molecule has 0 aromatic heterocycles. The number of hydrogen-bond acceptors (Lipinski definition) is 4. The third-order valence-corrected chi connectivity index (χ3v) is 2.98. The lowest BCUT2D eigenvalue weighted by molar-refractivity contribution is -0.128. The summed E-state index contributed by atoms with van der Waals surface area (Å²) in [6.07, 6.45) is 4.75. The molecule has 0 bridgehead atoms. The molecule has 0 spiro atoms. The number of hydrogen-bond donors (Lipinski definition) is 3. The number of amides is 2. The van der Waals surface area contributed by atoms with Crippen LogP contribution >= 0.6 is 0 Å². The lowest BCUT2D eigenvalue weighted by atomic mass is 10.2. The summed E-state index contributed by atoms with van der Waals surface area (Å²) in [5, 5.41) is 5.80. The lowest BCUT2D eigenvalue weighted by Crippen LogP contribution is -2.46. The summed E-state index contributed by atoms with van der Waals surface area (Å²) < 4.78 is 0. The Morgan fingerprint density at radius 3 is 2.81 bits per heavy atom. The van der Waals surface area contributed by atoms with Crippen LogP contribution in [0.3, 0.4) is 0 Å². The molecule has 16 heavy (non-hydrogen) atoms. The van der Waals surface area contributed by atoms with Gasteiger partial charge in [0, 0.05) is 6.04 Å². The van der Waals surface area contributed by atoms with Gasteiger partial charge in [0.15, 0.2) is 0 Å². The molecule has 1 aliphatic carbocycles. The normalized spacial score (nSPS) is 25.8. The number of carbonyl (C=O) groups excluding carboxylic acids is 2. The van der Waals surface area contributed by atoms with Crippen LogP contribution in [0.5, 0.6) is 0 Å². The van der Waals surface area contributed by atoms with E-state index in [4.69, 9.17) is 4.84 Å². The smallest absolute Gasteiger partial charge is 0.268 e. The van der Waals surface area contributed by atoms with Crippen LogP contribution in [0, 0.1) is 0 Å². The highest BCUT2D eigenvalue weighted by molar-refractivity contribution is 5.88. The zero-order valence-corrected chi connectivity index (χ0v) is 9.12. The Labute approximate surface area is 94.1 Å². The van der Waals surface area contributed by atoms with Crippen LogP contribution in [0.25, 0.3) is 0 Å². The molecule has 0 radical (unpaired) electrons. The van der Waals surface area contributed by atoms with Crippen LogP contribution in [0.1, 0.15) is 25.7 Å². The number of hydroxylamine groups is 1. The molecule has 1 atom stereocenters. The van der Waals surface area contributed by atoms with Crippen LogP contribution in [0.2, 0.25) is 0 Å². The van der Waals surface area contributed by atoms with E-state index in [0.29, 0.717) is 6.04 Å². The van der Waals surface area contributed by atoms with E-state index in [2.05, 4.69) is 16.1 Å². The number of rotatable bonds is 4. The Balaban J connectivity index is 1.65. The number of carbonyl (C=O) groups is 2. The maximum atomic E-state index is 11.5. The fourth-order valence-electron chi connectivity index (χ4n) is 2.06. The molecular formula is C10H17N3O3. The Bertz CT molecular complexity index is 276. The van der Waals surface area contributed by atoms with Gasteiger partial charge in [0.05, 0.1) is 6.54 Å². The lowest BCUT2D eigenvalue weighted by Gasteiger charge is -2.13. The average Bonchev–Trinajstić information content (AvgIpc) is 2.88. The van der Waals surface area contributed by atoms with Crippen LogP contribution in [0.15, 0.2) is 0 Å². The second-order valence-electron chi connectivity index (χ2n) is 4.26. The maximum absolute atomic E-state index is 11.5. The largest absolute Gasteiger partial charge is 0.341 e. The third kappa shape index (κ3) is 2.93. The molecule has 6 nitrogen and oxygen atoms in total. The van der Waals surface area contributed by atoms with E-state index < -0.39 is 6.04 Å². The van der Waals surface area contributed by atoms with E-state index in [1.807, 2.05) is 0 Å². The molecule has 2 fully saturated rings. The first kappa shape index (κ1) is 11.3. The fourth-order valence-corrected chi connectivity index (χ4v) is 2.06. The molecular weight excluding hydrogens is 210 g/mol. The molecule has 2 aliphatic rings. The highest BCUT2D eigenvalue weighted by Gasteiger charge is 2.27. The molecule has 1 heterocycles. The van der Waals surface area contributed by atoms with Gasteiger partial charge in [-0.25, -0.2) is 5.48 Å². The zero-order valence-electron chi connectivity index (χ0n) is 9.12. The summed E-state index contributed by atoms with van der Waals surface area (Å²) in [5.41, 5.74) is 2.20. The standard InChI is InChI=1S/C10H17N3O3/c14-9(5-11-7-3-1-2-4-7)12-8-6-16-13-10(8)15/h7-8,11H,1-6H2,(H,12,14)(H,13,15)/t8-/m1/s1. The van der Waals surface area contributed by atoms with Crippen molar-refractivity contribution in [3.63, 3.8) is 0 Å². The van der Waals surface area contributed by atoms with Gasteiger partial charge in [-0.1, -0.05) is 12.8 Å². The van der Waals surface area contributed by atoms with Gasteiger partial charge in [-0.3, -0.25) is 14.4 Å². The van der Waals surface area contributed by atoms with Crippen molar-refractivity contribution in [3.8, 4) is 0 Å². The molecule has 1 saturated carbocycles. The summed E-state index contributed by atoms with van der Waals surface area (Å²) in [6, 6.07) is -0.0858. The average molecular weight is 227 g/mol. The second-order valence-corrected chi connectivity index (χ2v) is 4.26. The molecule has 3 N–H and O–H groups in total. The first-order valence-electron chi connectivity index (χ1n) is 5.70. The fraction of sp³-hybridized carbons (Fsp3) is 0.800. The number of nitrogens with one attached hydrogen (secondary N) is 3. The summed E-state index contributed by atoms with van der Waals surface area (Å²) in [7, 11) is 0. The van der Waals surface area contributed by atoms with Gasteiger partial charge < -0.3 is 10.6 Å². The predicted octanol–water partition coefficient (Wildman–Crippen LogP) is -0.935. The van der Waals surface area contributed by atoms with Crippen molar-refractivity contribution in [2.75, 3.05) is 13.2 Å². The molecule has 1 saturated heterocycles. The Hall–Kier alpha value is -1.14. The molecule has 0 aromatic rings. The molecule has 0 unspecified atom stereocenters. The Morgan fingerprint density at radius 1 is 1.44 bits per heavy atom. The first-order chi connectivity index (χ1) is 7.75. The van der Waals surface area contributed by atoms with Crippen LogP contribution in [-0.2, 0) is 14.4 Å². The van der Waals surface area contributed by atoms with Crippen molar-refractivity contribution in [1.29, 1.82) is 0 Å². The molecule has 6 heteroatoms. The van der Waals surface area contributed by atoms with Gasteiger partial charge in [0.2, 0.25) is 5.91 Å². The van der Waals surface area contributed by atoms with Crippen LogP contribution in [-0.4, -0.2) is 37.0 Å². The van der Waals surface area contributed by atoms with Crippen molar-refractivity contribution in [2.45, 2.75) is 37.8 Å². The van der Waals surface area contributed by atoms with Gasteiger partial charge in [-0.2, -0.15) is 0 Å². The molecule has 0 aromatic carbocycles. The molecule has 1 aliphatic heterocycles. The van der Waals surface area contributed by atoms with Crippen molar-refractivity contribution >= 4 is 11.8 Å². The minimum atomic E-state index is -0.544. The maximum Gasteiger partial charge on any atom is 0.268 e. The van der Waals surface area contributed by atoms with Crippen molar-refractivity contribution in [2.24, 2.45) is 0 Å². The van der Waals surface area contributed by atoms with Gasteiger partial charge in [-0.15, -0.1) is 0 Å². The van der Waals surface area contributed by atoms with E-state index in [9.17, 15) is 9.59 Å². The van der Waals surface area contributed by atoms with E-state index in [1.165, 1.54) is 12.8 Å². The Kier molecular flexibility index (Phi) is 3.74. The quantitative estimate of drug-likeness (QED) is 0.579. The van der Waals surface area contributed by atoms with Crippen molar-refractivity contribution < 1.29 is 14.4 Å². The highest BCUT2D eigenvalue weighted by atomic mass is 16.7. The van der Waals surface area contributed by atoms with Gasteiger partial charge in [0.1, 0.15) is 12.6 Å². The van der Waals surface area contributed by atoms with E-state index >= 15 is 0 Å². The van der Waals surface area contributed by atoms with Gasteiger partial charge in [0.25, 0.3) is 5.91 Å². The van der Waals surface area contributed by atoms with Gasteiger partial charge >= 0.3 is 0 Å². The highest BCUT2D eigenvalue weighted by Crippen LogP contribution is 2.17. The minimum Gasteiger partial charge on any atom is -0.341 e. The molecule has 90 valence electrons. The second kappa shape index (κ2) is 5.27. The van der Waals surface area contributed by atoms with Crippen molar-refractivity contribution in [3.05, 3.63) is 0 Å². The topological polar surface area (TPSA) is 79.5 Å². The predicted molar refractivity (Wildman–Crippen MR) is 56.3 cm³/mol.